The van der Waals surface area contributed by atoms with Gasteiger partial charge in [-0.3, -0.25) is 5.10 Å². The molecule has 1 fully saturated rings. The van der Waals surface area contributed by atoms with Gasteiger partial charge in [0.15, 0.2) is 5.82 Å². The van der Waals surface area contributed by atoms with E-state index in [0.29, 0.717) is 16.8 Å². The number of pyridine rings is 1. The van der Waals surface area contributed by atoms with Gasteiger partial charge in [-0.05, 0) is 38.0 Å². The maximum Gasteiger partial charge on any atom is 0.178 e. The van der Waals surface area contributed by atoms with Crippen LogP contribution in [0.1, 0.15) is 41.4 Å². The van der Waals surface area contributed by atoms with Crippen LogP contribution in [0.5, 0.6) is 0 Å². The molecule has 3 aromatic rings. The van der Waals surface area contributed by atoms with Crippen molar-refractivity contribution in [3.05, 3.63) is 64.1 Å². The number of H-pyrrole nitrogens is 1. The molecule has 2 aromatic heterocycles. The Morgan fingerprint density at radius 2 is 1.96 bits per heavy atom. The van der Waals surface area contributed by atoms with E-state index in [1.807, 2.05) is 31.2 Å². The van der Waals surface area contributed by atoms with Gasteiger partial charge in [-0.2, -0.15) is 5.10 Å². The van der Waals surface area contributed by atoms with Gasteiger partial charge in [0, 0.05) is 17.2 Å². The van der Waals surface area contributed by atoms with Crippen LogP contribution in [0.3, 0.4) is 0 Å². The zero-order valence-electron chi connectivity index (χ0n) is 13.7. The molecule has 2 aliphatic rings. The number of hydrogen-bond acceptors (Lipinski definition) is 4. The molecule has 25 heavy (non-hydrogen) atoms. The number of halogens is 1. The Kier molecular flexibility index (Phi) is 3.18. The van der Waals surface area contributed by atoms with Gasteiger partial charge in [0.05, 0.1) is 16.4 Å². The topological polar surface area (TPSA) is 66.0 Å². The van der Waals surface area contributed by atoms with Crippen LogP contribution in [-0.2, 0) is 0 Å². The van der Waals surface area contributed by atoms with Crippen LogP contribution >= 0.6 is 11.6 Å². The van der Waals surface area contributed by atoms with E-state index in [1.54, 1.807) is 0 Å². The molecule has 0 saturated heterocycles. The summed E-state index contributed by atoms with van der Waals surface area (Å²) in [5, 5.41) is 11.4. The second-order valence-electron chi connectivity index (χ2n) is 6.52. The summed E-state index contributed by atoms with van der Waals surface area (Å²) in [6.07, 6.45) is 2.41. The summed E-state index contributed by atoms with van der Waals surface area (Å²) in [5.41, 5.74) is 6.20. The summed E-state index contributed by atoms with van der Waals surface area (Å²) >= 11 is 6.48. The van der Waals surface area contributed by atoms with Crippen molar-refractivity contribution in [2.75, 3.05) is 5.32 Å². The second-order valence-corrected chi connectivity index (χ2v) is 6.92. The van der Waals surface area contributed by atoms with E-state index in [9.17, 15) is 0 Å². The summed E-state index contributed by atoms with van der Waals surface area (Å²) in [7, 11) is 0. The molecule has 0 spiro atoms. The van der Waals surface area contributed by atoms with E-state index >= 15 is 0 Å². The lowest BCUT2D eigenvalue weighted by molar-refractivity contribution is 1.01. The summed E-state index contributed by atoms with van der Waals surface area (Å²) in [5.74, 6) is 1.28. The minimum atomic E-state index is 0.570. The molecule has 0 atom stereocenters. The van der Waals surface area contributed by atoms with Crippen LogP contribution in [0, 0.1) is 6.92 Å². The monoisotopic (exact) mass is 349 g/mol. The van der Waals surface area contributed by atoms with Crippen molar-refractivity contribution in [3.63, 3.8) is 0 Å². The average Bonchev–Trinajstić information content (AvgIpc) is 3.42. The van der Waals surface area contributed by atoms with Gasteiger partial charge >= 0.3 is 0 Å². The first-order valence-electron chi connectivity index (χ1n) is 8.37. The van der Waals surface area contributed by atoms with E-state index in [1.165, 1.54) is 12.8 Å². The van der Waals surface area contributed by atoms with Crippen molar-refractivity contribution >= 4 is 34.5 Å². The van der Waals surface area contributed by atoms with Gasteiger partial charge < -0.3 is 5.32 Å². The Labute approximate surface area is 150 Å². The standard InChI is InChI=1S/C19H16ClN5/c1-10-16-19(25-24-10)22-15-9-8-14(11-6-7-11)21-18(15)17(23-16)12-4-2-3-5-13(12)20/h2-5,8-9,11H,6-7H2,1H3,(H2,22,24,25). The highest BCUT2D eigenvalue weighted by Gasteiger charge is 2.28. The minimum Gasteiger partial charge on any atom is -0.335 e. The zero-order valence-corrected chi connectivity index (χ0v) is 14.4. The van der Waals surface area contributed by atoms with E-state index in [0.717, 1.165) is 39.7 Å². The zero-order chi connectivity index (χ0) is 17.0. The first-order valence-corrected chi connectivity index (χ1v) is 8.75. The molecular formula is C19H16ClN5. The Balaban J connectivity index is 1.78. The molecule has 124 valence electrons. The Morgan fingerprint density at radius 3 is 2.76 bits per heavy atom. The van der Waals surface area contributed by atoms with Crippen LogP contribution < -0.4 is 5.32 Å². The number of aromatic nitrogens is 3. The van der Waals surface area contributed by atoms with Gasteiger partial charge in [-0.25, -0.2) is 9.98 Å². The first-order chi connectivity index (χ1) is 12.2. The van der Waals surface area contributed by atoms with Gasteiger partial charge in [0.1, 0.15) is 17.1 Å². The molecule has 0 bridgehead atoms. The van der Waals surface area contributed by atoms with E-state index in [-0.39, 0.29) is 0 Å². The number of nitrogens with one attached hydrogen (secondary N) is 2. The largest absolute Gasteiger partial charge is 0.335 e. The molecule has 0 unspecified atom stereocenters. The van der Waals surface area contributed by atoms with Gasteiger partial charge in [-0.1, -0.05) is 29.8 Å². The van der Waals surface area contributed by atoms with Gasteiger partial charge in [0.25, 0.3) is 0 Å². The quantitative estimate of drug-likeness (QED) is 0.542. The molecule has 3 heterocycles. The van der Waals surface area contributed by atoms with Gasteiger partial charge in [0.2, 0.25) is 0 Å². The van der Waals surface area contributed by atoms with Crippen molar-refractivity contribution in [1.29, 1.82) is 0 Å². The highest BCUT2D eigenvalue weighted by atomic mass is 35.5. The van der Waals surface area contributed by atoms with Crippen molar-refractivity contribution in [2.24, 2.45) is 4.99 Å². The van der Waals surface area contributed by atoms with Gasteiger partial charge in [-0.15, -0.1) is 0 Å². The van der Waals surface area contributed by atoms with Crippen molar-refractivity contribution < 1.29 is 0 Å². The number of aromatic amines is 1. The number of fused-ring (bicyclic) bond motifs is 2. The lowest BCUT2D eigenvalue weighted by Crippen LogP contribution is -2.10. The summed E-state index contributed by atoms with van der Waals surface area (Å²) in [6, 6.07) is 11.9. The lowest BCUT2D eigenvalue weighted by Gasteiger charge is -2.12. The molecule has 1 aliphatic heterocycles. The summed E-state index contributed by atoms with van der Waals surface area (Å²) in [6.45, 7) is 1.96. The molecule has 1 aromatic carbocycles. The summed E-state index contributed by atoms with van der Waals surface area (Å²) < 4.78 is 0. The SMILES string of the molecule is Cc1[nH]nc2c1N=C(c1ccccc1Cl)c1nc(C3CC3)ccc1N2. The van der Waals surface area contributed by atoms with E-state index in [2.05, 4.69) is 27.6 Å². The predicted molar refractivity (Wildman–Crippen MR) is 99.6 cm³/mol. The van der Waals surface area contributed by atoms with Crippen LogP contribution in [0.25, 0.3) is 0 Å². The Bertz CT molecular complexity index is 1020. The normalized spacial score (nSPS) is 15.7. The first kappa shape index (κ1) is 14.7. The lowest BCUT2D eigenvalue weighted by atomic mass is 10.0. The smallest absolute Gasteiger partial charge is 0.178 e. The highest BCUT2D eigenvalue weighted by molar-refractivity contribution is 6.36. The van der Waals surface area contributed by atoms with E-state index in [4.69, 9.17) is 21.6 Å². The average molecular weight is 350 g/mol. The fraction of sp³-hybridized carbons (Fsp3) is 0.211. The highest BCUT2D eigenvalue weighted by Crippen LogP contribution is 2.41. The number of aliphatic imine (C=N–C) groups is 1. The van der Waals surface area contributed by atoms with Crippen LogP contribution in [0.2, 0.25) is 5.02 Å². The number of hydrogen-bond donors (Lipinski definition) is 2. The van der Waals surface area contributed by atoms with Crippen LogP contribution in [0.15, 0.2) is 41.4 Å². The molecule has 5 rings (SSSR count). The molecule has 0 radical (unpaired) electrons. The Hall–Kier alpha value is -2.66. The third-order valence-electron chi connectivity index (χ3n) is 4.66. The van der Waals surface area contributed by atoms with Crippen molar-refractivity contribution in [1.82, 2.24) is 15.2 Å². The Morgan fingerprint density at radius 1 is 1.12 bits per heavy atom. The number of anilines is 2. The molecule has 1 saturated carbocycles. The van der Waals surface area contributed by atoms with Crippen LogP contribution in [0.4, 0.5) is 17.2 Å². The third-order valence-corrected chi connectivity index (χ3v) is 4.99. The molecule has 2 N–H and O–H groups in total. The second kappa shape index (κ2) is 5.43. The number of benzene rings is 1. The molecule has 6 heteroatoms. The van der Waals surface area contributed by atoms with E-state index < -0.39 is 0 Å². The van der Waals surface area contributed by atoms with Crippen LogP contribution in [-0.4, -0.2) is 20.9 Å². The number of rotatable bonds is 2. The maximum atomic E-state index is 6.48. The van der Waals surface area contributed by atoms with Crippen molar-refractivity contribution in [2.45, 2.75) is 25.7 Å². The minimum absolute atomic E-state index is 0.570. The summed E-state index contributed by atoms with van der Waals surface area (Å²) in [4.78, 5) is 9.84. The van der Waals surface area contributed by atoms with Crippen molar-refractivity contribution in [3.8, 4) is 0 Å². The maximum absolute atomic E-state index is 6.48. The predicted octanol–water partition coefficient (Wildman–Crippen LogP) is 4.87. The fourth-order valence-electron chi connectivity index (χ4n) is 3.14. The molecule has 0 amide bonds. The molecular weight excluding hydrogens is 334 g/mol. The number of nitrogens with zero attached hydrogens (tertiary/aromatic N) is 3. The fourth-order valence-corrected chi connectivity index (χ4v) is 3.37. The molecule has 1 aliphatic carbocycles. The number of aryl methyl sites for hydroxylation is 1. The third kappa shape index (κ3) is 2.43. The molecule has 5 nitrogen and oxygen atoms in total.